The molecule has 0 saturated carbocycles. The summed E-state index contributed by atoms with van der Waals surface area (Å²) in [7, 11) is 2.04. The van der Waals surface area contributed by atoms with Crippen LogP contribution in [0.25, 0.3) is 0 Å². The van der Waals surface area contributed by atoms with Crippen LogP contribution in [0.15, 0.2) is 47.1 Å². The molecule has 2 rings (SSSR count). The Labute approximate surface area is 112 Å². The van der Waals surface area contributed by atoms with Gasteiger partial charge in [-0.15, -0.1) is 0 Å². The van der Waals surface area contributed by atoms with Gasteiger partial charge in [0.05, 0.1) is 12.3 Å². The van der Waals surface area contributed by atoms with Gasteiger partial charge in [0.25, 0.3) is 0 Å². The molecule has 96 valence electrons. The largest absolute Gasteiger partial charge is 0.468 e. The van der Waals surface area contributed by atoms with Crippen LogP contribution in [0.1, 0.15) is 17.4 Å². The van der Waals surface area contributed by atoms with Crippen molar-refractivity contribution in [3.05, 3.63) is 59.0 Å². The van der Waals surface area contributed by atoms with E-state index in [1.807, 2.05) is 43.4 Å². The minimum atomic E-state index is 0.0932. The molecule has 1 atom stereocenters. The number of halogens is 1. The van der Waals surface area contributed by atoms with Gasteiger partial charge in [0.1, 0.15) is 5.76 Å². The standard InChI is InChI=1S/C14H17ClN2O/c1-17(10-11-4-6-12(15)7-5-11)13(9-16)14-3-2-8-18-14/h2-8,13H,9-10,16H2,1H3. The highest BCUT2D eigenvalue weighted by molar-refractivity contribution is 6.30. The van der Waals surface area contributed by atoms with Crippen LogP contribution in [0.3, 0.4) is 0 Å². The molecule has 18 heavy (non-hydrogen) atoms. The van der Waals surface area contributed by atoms with Crippen LogP contribution in [0, 0.1) is 0 Å². The van der Waals surface area contributed by atoms with Gasteiger partial charge in [0, 0.05) is 18.1 Å². The minimum Gasteiger partial charge on any atom is -0.468 e. The predicted molar refractivity (Wildman–Crippen MR) is 73.4 cm³/mol. The first-order valence-electron chi connectivity index (χ1n) is 5.89. The first kappa shape index (κ1) is 13.1. The molecule has 3 nitrogen and oxygen atoms in total. The van der Waals surface area contributed by atoms with E-state index in [-0.39, 0.29) is 6.04 Å². The Morgan fingerprint density at radius 1 is 1.28 bits per heavy atom. The molecule has 4 heteroatoms. The van der Waals surface area contributed by atoms with Gasteiger partial charge in [-0.05, 0) is 36.9 Å². The van der Waals surface area contributed by atoms with Crippen molar-refractivity contribution in [3.63, 3.8) is 0 Å². The SMILES string of the molecule is CN(Cc1ccc(Cl)cc1)C(CN)c1ccco1. The maximum atomic E-state index is 5.87. The first-order chi connectivity index (χ1) is 8.70. The highest BCUT2D eigenvalue weighted by atomic mass is 35.5. The monoisotopic (exact) mass is 264 g/mol. The Morgan fingerprint density at radius 2 is 2.00 bits per heavy atom. The fraction of sp³-hybridized carbons (Fsp3) is 0.286. The van der Waals surface area contributed by atoms with Crippen LogP contribution < -0.4 is 5.73 Å². The average Bonchev–Trinajstić information content (AvgIpc) is 2.87. The van der Waals surface area contributed by atoms with Crippen LogP contribution in [-0.4, -0.2) is 18.5 Å². The summed E-state index contributed by atoms with van der Waals surface area (Å²) in [6, 6.07) is 11.8. The normalized spacial score (nSPS) is 12.9. The zero-order valence-corrected chi connectivity index (χ0v) is 11.1. The molecule has 0 saturated heterocycles. The quantitative estimate of drug-likeness (QED) is 0.903. The van der Waals surface area contributed by atoms with Gasteiger partial charge < -0.3 is 10.2 Å². The van der Waals surface area contributed by atoms with Crippen molar-refractivity contribution < 1.29 is 4.42 Å². The molecule has 2 aromatic rings. The second-order valence-corrected chi connectivity index (χ2v) is 4.74. The summed E-state index contributed by atoms with van der Waals surface area (Å²) in [4.78, 5) is 2.17. The van der Waals surface area contributed by atoms with E-state index in [9.17, 15) is 0 Å². The van der Waals surface area contributed by atoms with Gasteiger partial charge in [0.2, 0.25) is 0 Å². The van der Waals surface area contributed by atoms with Crippen molar-refractivity contribution in [2.24, 2.45) is 5.73 Å². The second kappa shape index (κ2) is 6.05. The summed E-state index contributed by atoms with van der Waals surface area (Å²) < 4.78 is 5.42. The smallest absolute Gasteiger partial charge is 0.122 e. The Bertz CT molecular complexity index is 467. The van der Waals surface area contributed by atoms with E-state index in [2.05, 4.69) is 4.90 Å². The van der Waals surface area contributed by atoms with E-state index in [1.165, 1.54) is 5.56 Å². The first-order valence-corrected chi connectivity index (χ1v) is 6.26. The molecule has 0 radical (unpaired) electrons. The van der Waals surface area contributed by atoms with E-state index in [1.54, 1.807) is 6.26 Å². The molecule has 2 N–H and O–H groups in total. The maximum Gasteiger partial charge on any atom is 0.122 e. The van der Waals surface area contributed by atoms with Crippen molar-refractivity contribution in [1.29, 1.82) is 0 Å². The van der Waals surface area contributed by atoms with Crippen LogP contribution >= 0.6 is 11.6 Å². The highest BCUT2D eigenvalue weighted by Gasteiger charge is 2.17. The van der Waals surface area contributed by atoms with E-state index < -0.39 is 0 Å². The van der Waals surface area contributed by atoms with Crippen molar-refractivity contribution >= 4 is 11.6 Å². The van der Waals surface area contributed by atoms with Crippen molar-refractivity contribution in [1.82, 2.24) is 4.90 Å². The lowest BCUT2D eigenvalue weighted by Crippen LogP contribution is -2.29. The number of likely N-dealkylation sites (N-methyl/N-ethyl adjacent to an activating group) is 1. The number of hydrogen-bond donors (Lipinski definition) is 1. The van der Waals surface area contributed by atoms with Crippen LogP contribution in [-0.2, 0) is 6.54 Å². The molecule has 0 aliphatic carbocycles. The summed E-state index contributed by atoms with van der Waals surface area (Å²) in [5.74, 6) is 0.897. The number of hydrogen-bond acceptors (Lipinski definition) is 3. The predicted octanol–water partition coefficient (Wildman–Crippen LogP) is 3.06. The topological polar surface area (TPSA) is 42.4 Å². The number of nitrogens with two attached hydrogens (primary N) is 1. The molecular formula is C14H17ClN2O. The highest BCUT2D eigenvalue weighted by Crippen LogP contribution is 2.21. The molecular weight excluding hydrogens is 248 g/mol. The van der Waals surface area contributed by atoms with E-state index in [0.717, 1.165) is 17.3 Å². The lowest BCUT2D eigenvalue weighted by Gasteiger charge is -2.25. The van der Waals surface area contributed by atoms with Crippen LogP contribution in [0.2, 0.25) is 5.02 Å². The maximum absolute atomic E-state index is 5.87. The van der Waals surface area contributed by atoms with Gasteiger partial charge in [0.15, 0.2) is 0 Å². The molecule has 0 aliphatic heterocycles. The fourth-order valence-electron chi connectivity index (χ4n) is 1.98. The third kappa shape index (κ3) is 3.13. The third-order valence-electron chi connectivity index (χ3n) is 2.97. The van der Waals surface area contributed by atoms with Crippen molar-refractivity contribution in [3.8, 4) is 0 Å². The minimum absolute atomic E-state index is 0.0932. The van der Waals surface area contributed by atoms with Gasteiger partial charge in [-0.2, -0.15) is 0 Å². The molecule has 0 aliphatic rings. The second-order valence-electron chi connectivity index (χ2n) is 4.31. The number of nitrogens with zero attached hydrogens (tertiary/aromatic N) is 1. The van der Waals surface area contributed by atoms with Gasteiger partial charge in [-0.3, -0.25) is 4.90 Å². The van der Waals surface area contributed by atoms with Crippen molar-refractivity contribution in [2.75, 3.05) is 13.6 Å². The van der Waals surface area contributed by atoms with Gasteiger partial charge in [-0.1, -0.05) is 23.7 Å². The molecule has 1 aromatic carbocycles. The average molecular weight is 265 g/mol. The zero-order chi connectivity index (χ0) is 13.0. The summed E-state index contributed by atoms with van der Waals surface area (Å²) in [6.45, 7) is 1.33. The van der Waals surface area contributed by atoms with E-state index in [4.69, 9.17) is 21.8 Å². The van der Waals surface area contributed by atoms with E-state index in [0.29, 0.717) is 6.54 Å². The summed E-state index contributed by atoms with van der Waals surface area (Å²) in [6.07, 6.45) is 1.67. The molecule has 1 aromatic heterocycles. The Kier molecular flexibility index (Phi) is 4.42. The Morgan fingerprint density at radius 3 is 2.56 bits per heavy atom. The lowest BCUT2D eigenvalue weighted by molar-refractivity contribution is 0.213. The number of benzene rings is 1. The molecule has 1 unspecified atom stereocenters. The lowest BCUT2D eigenvalue weighted by atomic mass is 10.1. The third-order valence-corrected chi connectivity index (χ3v) is 3.22. The summed E-state index contributed by atoms with van der Waals surface area (Å²) in [5.41, 5.74) is 7.02. The number of rotatable bonds is 5. The van der Waals surface area contributed by atoms with E-state index >= 15 is 0 Å². The van der Waals surface area contributed by atoms with Crippen LogP contribution in [0.5, 0.6) is 0 Å². The molecule has 0 fully saturated rings. The number of furan rings is 1. The van der Waals surface area contributed by atoms with Gasteiger partial charge in [-0.25, -0.2) is 0 Å². The molecule has 0 bridgehead atoms. The molecule has 0 spiro atoms. The molecule has 1 heterocycles. The summed E-state index contributed by atoms with van der Waals surface area (Å²) in [5, 5.41) is 0.753. The Balaban J connectivity index is 2.06. The Hall–Kier alpha value is -1.29. The fourth-order valence-corrected chi connectivity index (χ4v) is 2.11. The van der Waals surface area contributed by atoms with Crippen molar-refractivity contribution in [2.45, 2.75) is 12.6 Å². The zero-order valence-electron chi connectivity index (χ0n) is 10.3. The molecule has 0 amide bonds. The van der Waals surface area contributed by atoms with Crippen LogP contribution in [0.4, 0.5) is 0 Å². The summed E-state index contributed by atoms with van der Waals surface area (Å²) >= 11 is 5.87. The van der Waals surface area contributed by atoms with Gasteiger partial charge >= 0.3 is 0 Å².